The fraction of sp³-hybridized carbons (Fsp3) is 0.611. The van der Waals surface area contributed by atoms with Gasteiger partial charge in [0.2, 0.25) is 10.0 Å². The Balaban J connectivity index is 1.79. The van der Waals surface area contributed by atoms with Crippen LogP contribution in [0.2, 0.25) is 0 Å². The summed E-state index contributed by atoms with van der Waals surface area (Å²) in [5.74, 6) is -0.167. The Morgan fingerprint density at radius 1 is 1.12 bits per heavy atom. The molecule has 0 spiro atoms. The Kier molecular flexibility index (Phi) is 7.40. The molecule has 1 aliphatic rings. The molecule has 0 aliphatic carbocycles. The molecule has 0 atom stereocenters. The molecule has 7 heteroatoms. The molecule has 1 heterocycles. The number of sulfonamides is 1. The van der Waals surface area contributed by atoms with Crippen LogP contribution in [0.4, 0.5) is 0 Å². The van der Waals surface area contributed by atoms with Gasteiger partial charge in [-0.05, 0) is 77.0 Å². The van der Waals surface area contributed by atoms with Gasteiger partial charge < -0.3 is 10.2 Å². The summed E-state index contributed by atoms with van der Waals surface area (Å²) in [6, 6.07) is 5.86. The van der Waals surface area contributed by atoms with E-state index in [-0.39, 0.29) is 16.8 Å². The molecule has 1 aromatic rings. The number of amides is 1. The molecule has 6 nitrogen and oxygen atoms in total. The molecule has 0 unspecified atom stereocenters. The predicted octanol–water partition coefficient (Wildman–Crippen LogP) is 1.98. The van der Waals surface area contributed by atoms with E-state index in [0.29, 0.717) is 12.1 Å². The van der Waals surface area contributed by atoms with Gasteiger partial charge in [-0.15, -0.1) is 0 Å². The first kappa shape index (κ1) is 19.9. The lowest BCUT2D eigenvalue weighted by Crippen LogP contribution is -2.33. The Labute approximate surface area is 151 Å². The third kappa shape index (κ3) is 6.41. The number of nitrogens with zero attached hydrogens (tertiary/aromatic N) is 1. The van der Waals surface area contributed by atoms with E-state index in [1.807, 2.05) is 0 Å². The molecule has 1 aliphatic heterocycles. The number of rotatable bonds is 8. The SMILES string of the molecule is CC(C)NS(=O)(=O)c1ccc(C(=O)NCCCN2CCCCC2)cc1. The van der Waals surface area contributed by atoms with E-state index in [2.05, 4.69) is 14.9 Å². The lowest BCUT2D eigenvalue weighted by atomic mass is 10.1. The first-order chi connectivity index (χ1) is 11.9. The van der Waals surface area contributed by atoms with Crippen molar-refractivity contribution in [3.05, 3.63) is 29.8 Å². The van der Waals surface area contributed by atoms with E-state index in [0.717, 1.165) is 26.1 Å². The van der Waals surface area contributed by atoms with E-state index in [1.54, 1.807) is 26.0 Å². The second-order valence-electron chi connectivity index (χ2n) is 6.81. The summed E-state index contributed by atoms with van der Waals surface area (Å²) < 4.78 is 26.7. The van der Waals surface area contributed by atoms with E-state index >= 15 is 0 Å². The van der Waals surface area contributed by atoms with E-state index < -0.39 is 10.0 Å². The Morgan fingerprint density at radius 2 is 1.76 bits per heavy atom. The van der Waals surface area contributed by atoms with Gasteiger partial charge >= 0.3 is 0 Å². The van der Waals surface area contributed by atoms with Crippen LogP contribution >= 0.6 is 0 Å². The summed E-state index contributed by atoms with van der Waals surface area (Å²) in [6.45, 7) is 7.50. The molecular formula is C18H29N3O3S. The fourth-order valence-electron chi connectivity index (χ4n) is 2.95. The van der Waals surface area contributed by atoms with Crippen molar-refractivity contribution in [3.8, 4) is 0 Å². The van der Waals surface area contributed by atoms with Gasteiger partial charge in [0.15, 0.2) is 0 Å². The maximum Gasteiger partial charge on any atom is 0.251 e. The normalized spacial score (nSPS) is 16.1. The quantitative estimate of drug-likeness (QED) is 0.689. The average Bonchev–Trinajstić information content (AvgIpc) is 2.58. The van der Waals surface area contributed by atoms with E-state index in [4.69, 9.17) is 0 Å². The maximum absolute atomic E-state index is 12.1. The van der Waals surface area contributed by atoms with Gasteiger partial charge in [0, 0.05) is 18.2 Å². The minimum Gasteiger partial charge on any atom is -0.352 e. The summed E-state index contributed by atoms with van der Waals surface area (Å²) in [5, 5.41) is 2.90. The Hall–Kier alpha value is -1.44. The first-order valence-electron chi connectivity index (χ1n) is 9.01. The lowest BCUT2D eigenvalue weighted by molar-refractivity contribution is 0.0951. The van der Waals surface area contributed by atoms with Crippen molar-refractivity contribution in [2.75, 3.05) is 26.2 Å². The van der Waals surface area contributed by atoms with Gasteiger partial charge in [-0.1, -0.05) is 6.42 Å². The second kappa shape index (κ2) is 9.31. The molecule has 1 saturated heterocycles. The highest BCUT2D eigenvalue weighted by atomic mass is 32.2. The van der Waals surface area contributed by atoms with Gasteiger partial charge in [-0.3, -0.25) is 4.79 Å². The van der Waals surface area contributed by atoms with Crippen LogP contribution in [0.5, 0.6) is 0 Å². The molecule has 1 fully saturated rings. The number of benzene rings is 1. The number of nitrogens with one attached hydrogen (secondary N) is 2. The summed E-state index contributed by atoms with van der Waals surface area (Å²) in [6.07, 6.45) is 4.79. The summed E-state index contributed by atoms with van der Waals surface area (Å²) in [4.78, 5) is 14.8. The van der Waals surface area contributed by atoms with Gasteiger partial charge in [-0.2, -0.15) is 0 Å². The molecule has 0 aromatic heterocycles. The molecular weight excluding hydrogens is 338 g/mol. The van der Waals surface area contributed by atoms with Crippen LogP contribution < -0.4 is 10.0 Å². The third-order valence-electron chi connectivity index (χ3n) is 4.20. The minimum absolute atomic E-state index is 0.167. The molecule has 25 heavy (non-hydrogen) atoms. The molecule has 0 saturated carbocycles. The van der Waals surface area contributed by atoms with Crippen molar-refractivity contribution < 1.29 is 13.2 Å². The van der Waals surface area contributed by atoms with Gasteiger partial charge in [0.05, 0.1) is 4.90 Å². The number of likely N-dealkylation sites (tertiary alicyclic amines) is 1. The molecule has 1 amide bonds. The molecule has 0 bridgehead atoms. The van der Waals surface area contributed by atoms with Crippen molar-refractivity contribution >= 4 is 15.9 Å². The van der Waals surface area contributed by atoms with Crippen LogP contribution in [0.3, 0.4) is 0 Å². The van der Waals surface area contributed by atoms with Crippen LogP contribution in [0.1, 0.15) is 49.9 Å². The van der Waals surface area contributed by atoms with E-state index in [1.165, 1.54) is 31.4 Å². The third-order valence-corrected chi connectivity index (χ3v) is 5.88. The molecule has 0 radical (unpaired) electrons. The molecule has 140 valence electrons. The lowest BCUT2D eigenvalue weighted by Gasteiger charge is -2.26. The van der Waals surface area contributed by atoms with Gasteiger partial charge in [0.25, 0.3) is 5.91 Å². The summed E-state index contributed by atoms with van der Waals surface area (Å²) in [5.41, 5.74) is 0.474. The zero-order valence-electron chi connectivity index (χ0n) is 15.1. The van der Waals surface area contributed by atoms with Crippen LogP contribution in [0.25, 0.3) is 0 Å². The maximum atomic E-state index is 12.1. The number of piperidine rings is 1. The second-order valence-corrected chi connectivity index (χ2v) is 8.53. The monoisotopic (exact) mass is 367 g/mol. The Morgan fingerprint density at radius 3 is 2.36 bits per heavy atom. The largest absolute Gasteiger partial charge is 0.352 e. The van der Waals surface area contributed by atoms with Crippen molar-refractivity contribution in [2.45, 2.75) is 50.5 Å². The number of hydrogen-bond donors (Lipinski definition) is 2. The topological polar surface area (TPSA) is 78.5 Å². The highest BCUT2D eigenvalue weighted by Crippen LogP contribution is 2.11. The van der Waals surface area contributed by atoms with Gasteiger partial charge in [-0.25, -0.2) is 13.1 Å². The van der Waals surface area contributed by atoms with Crippen LogP contribution in [0.15, 0.2) is 29.2 Å². The highest BCUT2D eigenvalue weighted by molar-refractivity contribution is 7.89. The van der Waals surface area contributed by atoms with E-state index in [9.17, 15) is 13.2 Å². The first-order valence-corrected chi connectivity index (χ1v) is 10.5. The van der Waals surface area contributed by atoms with Crippen LogP contribution in [-0.2, 0) is 10.0 Å². The zero-order chi connectivity index (χ0) is 18.3. The van der Waals surface area contributed by atoms with Crippen molar-refractivity contribution in [1.29, 1.82) is 0 Å². The van der Waals surface area contributed by atoms with Crippen LogP contribution in [0, 0.1) is 0 Å². The average molecular weight is 368 g/mol. The molecule has 2 N–H and O–H groups in total. The molecule has 1 aromatic carbocycles. The summed E-state index contributed by atoms with van der Waals surface area (Å²) >= 11 is 0. The predicted molar refractivity (Wildman–Crippen MR) is 99.1 cm³/mol. The van der Waals surface area contributed by atoms with Crippen molar-refractivity contribution in [3.63, 3.8) is 0 Å². The highest BCUT2D eigenvalue weighted by Gasteiger charge is 2.16. The smallest absolute Gasteiger partial charge is 0.251 e. The minimum atomic E-state index is -3.52. The number of carbonyl (C=O) groups excluding carboxylic acids is 1. The van der Waals surface area contributed by atoms with Crippen LogP contribution in [-0.4, -0.2) is 51.4 Å². The fourth-order valence-corrected chi connectivity index (χ4v) is 4.20. The zero-order valence-corrected chi connectivity index (χ0v) is 15.9. The standard InChI is InChI=1S/C18H29N3O3S/c1-15(2)20-25(23,24)17-9-7-16(8-10-17)18(22)19-11-6-14-21-12-4-3-5-13-21/h7-10,15,20H,3-6,11-14H2,1-2H3,(H,19,22). The number of hydrogen-bond acceptors (Lipinski definition) is 4. The Bertz CT molecular complexity index is 651. The van der Waals surface area contributed by atoms with Gasteiger partial charge in [0.1, 0.15) is 0 Å². The van der Waals surface area contributed by atoms with Crippen molar-refractivity contribution in [1.82, 2.24) is 14.9 Å². The van der Waals surface area contributed by atoms with Crippen molar-refractivity contribution in [2.24, 2.45) is 0 Å². The number of carbonyl (C=O) groups is 1. The molecule has 2 rings (SSSR count). The summed E-state index contributed by atoms with van der Waals surface area (Å²) in [7, 11) is -3.52.